The van der Waals surface area contributed by atoms with Gasteiger partial charge in [0.25, 0.3) is 0 Å². The molecule has 0 radical (unpaired) electrons. The first-order valence-electron chi connectivity index (χ1n) is 7.68. The Hall–Kier alpha value is -3.42. The Morgan fingerprint density at radius 2 is 2.24 bits per heavy atom. The molecular formula is C17H21N7O. The van der Waals surface area contributed by atoms with Crippen molar-refractivity contribution in [2.24, 2.45) is 7.05 Å². The maximum absolute atomic E-state index is 7.53. The Kier molecular flexibility index (Phi) is 4.89. The smallest absolute Gasteiger partial charge is 0.229 e. The van der Waals surface area contributed by atoms with Crippen LogP contribution in [0.25, 0.3) is 0 Å². The van der Waals surface area contributed by atoms with E-state index in [0.29, 0.717) is 23.9 Å². The van der Waals surface area contributed by atoms with Crippen molar-refractivity contribution >= 4 is 23.7 Å². The summed E-state index contributed by atoms with van der Waals surface area (Å²) in [5.74, 6) is 1.82. The zero-order chi connectivity index (χ0) is 17.6. The van der Waals surface area contributed by atoms with Gasteiger partial charge in [-0.25, -0.2) is 4.98 Å². The highest BCUT2D eigenvalue weighted by Gasteiger charge is 2.07. The summed E-state index contributed by atoms with van der Waals surface area (Å²) in [6, 6.07) is 7.78. The molecule has 8 nitrogen and oxygen atoms in total. The van der Waals surface area contributed by atoms with Gasteiger partial charge in [-0.1, -0.05) is 12.1 Å². The highest BCUT2D eigenvalue weighted by atomic mass is 16.5. The third kappa shape index (κ3) is 4.11. The van der Waals surface area contributed by atoms with Crippen molar-refractivity contribution in [2.45, 2.75) is 6.54 Å². The highest BCUT2D eigenvalue weighted by Crippen LogP contribution is 2.18. The van der Waals surface area contributed by atoms with Crippen LogP contribution in [0.15, 0.2) is 42.9 Å². The van der Waals surface area contributed by atoms with Crippen LogP contribution in [-0.4, -0.2) is 33.1 Å². The SMILES string of the molecule is COc1cccc(CNc2nc(Nc3cnn(C)c3)ncc2C=N)c1.[HH]. The summed E-state index contributed by atoms with van der Waals surface area (Å²) in [5, 5.41) is 18.0. The van der Waals surface area contributed by atoms with Gasteiger partial charge in [0.1, 0.15) is 11.6 Å². The number of nitrogens with zero attached hydrogens (tertiary/aromatic N) is 4. The Morgan fingerprint density at radius 1 is 1.36 bits per heavy atom. The molecule has 0 saturated heterocycles. The molecule has 0 aliphatic rings. The van der Waals surface area contributed by atoms with E-state index in [1.165, 1.54) is 6.21 Å². The number of hydrogen-bond acceptors (Lipinski definition) is 7. The number of aryl methyl sites for hydroxylation is 1. The van der Waals surface area contributed by atoms with Gasteiger partial charge in [0.15, 0.2) is 0 Å². The molecular weight excluding hydrogens is 318 g/mol. The van der Waals surface area contributed by atoms with Crippen molar-refractivity contribution in [1.29, 1.82) is 5.41 Å². The van der Waals surface area contributed by atoms with E-state index < -0.39 is 0 Å². The lowest BCUT2D eigenvalue weighted by atomic mass is 10.2. The summed E-state index contributed by atoms with van der Waals surface area (Å²) in [6.07, 6.45) is 6.35. The van der Waals surface area contributed by atoms with Gasteiger partial charge in [0.2, 0.25) is 5.95 Å². The van der Waals surface area contributed by atoms with Gasteiger partial charge in [0, 0.05) is 33.6 Å². The van der Waals surface area contributed by atoms with Gasteiger partial charge >= 0.3 is 0 Å². The van der Waals surface area contributed by atoms with Crippen molar-refractivity contribution in [3.63, 3.8) is 0 Å². The average molecular weight is 339 g/mol. The fraction of sp³-hybridized carbons (Fsp3) is 0.176. The van der Waals surface area contributed by atoms with Gasteiger partial charge in [-0.2, -0.15) is 10.1 Å². The average Bonchev–Trinajstić information content (AvgIpc) is 3.05. The molecule has 0 spiro atoms. The number of rotatable bonds is 7. The maximum Gasteiger partial charge on any atom is 0.229 e. The molecule has 0 fully saturated rings. The van der Waals surface area contributed by atoms with Crippen LogP contribution in [0.3, 0.4) is 0 Å². The van der Waals surface area contributed by atoms with Crippen LogP contribution in [0, 0.1) is 5.41 Å². The first-order chi connectivity index (χ1) is 12.2. The molecule has 0 saturated carbocycles. The summed E-state index contributed by atoms with van der Waals surface area (Å²) >= 11 is 0. The molecule has 1 aromatic carbocycles. The Labute approximate surface area is 146 Å². The summed E-state index contributed by atoms with van der Waals surface area (Å²) in [7, 11) is 3.48. The number of anilines is 3. The molecule has 3 N–H and O–H groups in total. The second kappa shape index (κ2) is 7.43. The second-order valence-corrected chi connectivity index (χ2v) is 5.37. The van der Waals surface area contributed by atoms with Crippen LogP contribution in [0.2, 0.25) is 0 Å². The fourth-order valence-corrected chi connectivity index (χ4v) is 2.28. The second-order valence-electron chi connectivity index (χ2n) is 5.37. The third-order valence-corrected chi connectivity index (χ3v) is 3.53. The van der Waals surface area contributed by atoms with Crippen LogP contribution in [-0.2, 0) is 13.6 Å². The summed E-state index contributed by atoms with van der Waals surface area (Å²) in [5.41, 5.74) is 2.46. The van der Waals surface area contributed by atoms with Crippen molar-refractivity contribution < 1.29 is 6.16 Å². The Balaban J connectivity index is 0.00000243. The predicted octanol–water partition coefficient (Wildman–Crippen LogP) is 2.82. The molecule has 3 aromatic rings. The van der Waals surface area contributed by atoms with E-state index in [4.69, 9.17) is 10.1 Å². The van der Waals surface area contributed by atoms with Gasteiger partial charge in [-0.3, -0.25) is 4.68 Å². The molecule has 2 heterocycles. The molecule has 0 unspecified atom stereocenters. The van der Waals surface area contributed by atoms with E-state index in [9.17, 15) is 0 Å². The predicted molar refractivity (Wildman–Crippen MR) is 98.8 cm³/mol. The standard InChI is InChI=1S/C17H19N7O.H2/c1-24-11-14(10-21-24)22-17-20-9-13(7-18)16(23-17)19-8-12-4-3-5-15(6-12)25-2;/h3-7,9-11,18H,8H2,1-2H3,(H2,19,20,22,23);1H. The topological polar surface area (TPSA) is 101 Å². The van der Waals surface area contributed by atoms with Gasteiger partial charge in [0.05, 0.1) is 24.6 Å². The summed E-state index contributed by atoms with van der Waals surface area (Å²) in [6.45, 7) is 0.557. The third-order valence-electron chi connectivity index (χ3n) is 3.53. The van der Waals surface area contributed by atoms with E-state index in [-0.39, 0.29) is 1.43 Å². The lowest BCUT2D eigenvalue weighted by Gasteiger charge is -2.11. The van der Waals surface area contributed by atoms with Crippen LogP contribution in [0.1, 0.15) is 12.6 Å². The summed E-state index contributed by atoms with van der Waals surface area (Å²) in [4.78, 5) is 8.68. The minimum Gasteiger partial charge on any atom is -0.497 e. The van der Waals surface area contributed by atoms with Crippen molar-refractivity contribution in [1.82, 2.24) is 19.7 Å². The number of methoxy groups -OCH3 is 1. The van der Waals surface area contributed by atoms with Gasteiger partial charge in [-0.05, 0) is 17.7 Å². The van der Waals surface area contributed by atoms with Crippen molar-refractivity contribution in [2.75, 3.05) is 17.7 Å². The molecule has 8 heteroatoms. The molecule has 0 atom stereocenters. The zero-order valence-corrected chi connectivity index (χ0v) is 14.0. The number of hydrogen-bond donors (Lipinski definition) is 3. The van der Waals surface area contributed by atoms with E-state index >= 15 is 0 Å². The molecule has 0 aliphatic carbocycles. The maximum atomic E-state index is 7.53. The van der Waals surface area contributed by atoms with Crippen molar-refractivity contribution in [3.05, 3.63) is 54.0 Å². The highest BCUT2D eigenvalue weighted by molar-refractivity contribution is 5.84. The van der Waals surface area contributed by atoms with Crippen LogP contribution in [0.4, 0.5) is 17.5 Å². The number of ether oxygens (including phenoxy) is 1. The molecule has 0 aliphatic heterocycles. The van der Waals surface area contributed by atoms with E-state index in [1.54, 1.807) is 24.2 Å². The minimum atomic E-state index is 0. The minimum absolute atomic E-state index is 0. The van der Waals surface area contributed by atoms with E-state index in [2.05, 4.69) is 25.7 Å². The Morgan fingerprint density at radius 3 is 2.96 bits per heavy atom. The first-order valence-corrected chi connectivity index (χ1v) is 7.68. The molecule has 0 bridgehead atoms. The lowest BCUT2D eigenvalue weighted by Crippen LogP contribution is -2.07. The molecule has 2 aromatic heterocycles. The number of benzene rings is 1. The molecule has 25 heavy (non-hydrogen) atoms. The van der Waals surface area contributed by atoms with Crippen LogP contribution < -0.4 is 15.4 Å². The number of aromatic nitrogens is 4. The number of nitrogens with one attached hydrogen (secondary N) is 3. The normalized spacial score (nSPS) is 10.3. The molecule has 130 valence electrons. The van der Waals surface area contributed by atoms with Crippen molar-refractivity contribution in [3.8, 4) is 5.75 Å². The van der Waals surface area contributed by atoms with Crippen LogP contribution in [0.5, 0.6) is 5.75 Å². The molecule has 3 rings (SSSR count). The molecule has 0 amide bonds. The van der Waals surface area contributed by atoms with E-state index in [1.807, 2.05) is 37.5 Å². The first kappa shape index (κ1) is 16.4. The lowest BCUT2D eigenvalue weighted by molar-refractivity contribution is 0.414. The monoisotopic (exact) mass is 339 g/mol. The Bertz CT molecular complexity index is 881. The fourth-order valence-electron chi connectivity index (χ4n) is 2.28. The quantitative estimate of drug-likeness (QED) is 0.572. The zero-order valence-electron chi connectivity index (χ0n) is 14.0. The largest absolute Gasteiger partial charge is 0.497 e. The van der Waals surface area contributed by atoms with Gasteiger partial charge < -0.3 is 20.8 Å². The van der Waals surface area contributed by atoms with Gasteiger partial charge in [-0.15, -0.1) is 0 Å². The van der Waals surface area contributed by atoms with E-state index in [0.717, 1.165) is 17.0 Å². The van der Waals surface area contributed by atoms with Crippen LogP contribution >= 0.6 is 0 Å². The summed E-state index contributed by atoms with van der Waals surface area (Å²) < 4.78 is 6.92.